The zero-order valence-corrected chi connectivity index (χ0v) is 13.8. The third kappa shape index (κ3) is 2.74. The average molecular weight is 336 g/mol. The van der Waals surface area contributed by atoms with Crippen LogP contribution < -0.4 is 0 Å². The Labute approximate surface area is 122 Å². The third-order valence-corrected chi connectivity index (χ3v) is 6.82. The van der Waals surface area contributed by atoms with Crippen LogP contribution in [0.4, 0.5) is 0 Å². The third-order valence-electron chi connectivity index (χ3n) is 4.16. The van der Waals surface area contributed by atoms with E-state index in [0.29, 0.717) is 11.3 Å². The molecule has 0 aromatic carbocycles. The van der Waals surface area contributed by atoms with Crippen molar-refractivity contribution in [2.75, 3.05) is 0 Å². The molecule has 1 aliphatic rings. The first kappa shape index (κ1) is 13.9. The first-order valence-corrected chi connectivity index (χ1v) is 8.41. The van der Waals surface area contributed by atoms with Gasteiger partial charge in [0.2, 0.25) is 0 Å². The lowest BCUT2D eigenvalue weighted by Crippen LogP contribution is -2.38. The van der Waals surface area contributed by atoms with Crippen molar-refractivity contribution in [2.45, 2.75) is 50.8 Å². The zero-order valence-electron chi connectivity index (χ0n) is 10.7. The van der Waals surface area contributed by atoms with E-state index in [1.807, 2.05) is 11.3 Å². The Morgan fingerprint density at radius 1 is 1.41 bits per heavy atom. The largest absolute Gasteiger partial charge is 0.147 e. The fourth-order valence-electron chi connectivity index (χ4n) is 3.05. The fraction of sp³-hybridized carbons (Fsp3) is 0.714. The van der Waals surface area contributed by atoms with E-state index in [2.05, 4.69) is 48.1 Å². The molecule has 0 amide bonds. The van der Waals surface area contributed by atoms with Gasteiger partial charge >= 0.3 is 0 Å². The van der Waals surface area contributed by atoms with Crippen molar-refractivity contribution in [1.29, 1.82) is 0 Å². The van der Waals surface area contributed by atoms with Crippen molar-refractivity contribution in [3.05, 3.63) is 20.8 Å². The SMILES string of the molecule is CC1CCC(C(C)(C)c2sccc2Br)C(Cl)C1. The number of thiophene rings is 1. The van der Waals surface area contributed by atoms with Crippen LogP contribution >= 0.6 is 38.9 Å². The van der Waals surface area contributed by atoms with Gasteiger partial charge in [-0.25, -0.2) is 0 Å². The lowest BCUT2D eigenvalue weighted by atomic mass is 9.68. The molecule has 96 valence electrons. The van der Waals surface area contributed by atoms with Crippen LogP contribution in [0.1, 0.15) is 44.9 Å². The van der Waals surface area contributed by atoms with E-state index in [1.165, 1.54) is 28.6 Å². The van der Waals surface area contributed by atoms with Gasteiger partial charge in [-0.3, -0.25) is 0 Å². The summed E-state index contributed by atoms with van der Waals surface area (Å²) in [7, 11) is 0. The highest BCUT2D eigenvalue weighted by atomic mass is 79.9. The summed E-state index contributed by atoms with van der Waals surface area (Å²) in [4.78, 5) is 1.45. The standard InChI is InChI=1S/C14H20BrClS/c1-9-4-5-10(12(16)8-9)14(2,3)13-11(15)6-7-17-13/h6-7,9-10,12H,4-5,8H2,1-3H3. The molecular formula is C14H20BrClS. The Kier molecular flexibility index (Phi) is 4.27. The average Bonchev–Trinajstić information content (AvgIpc) is 2.64. The van der Waals surface area contributed by atoms with E-state index in [4.69, 9.17) is 11.6 Å². The molecule has 0 bridgehead atoms. The van der Waals surface area contributed by atoms with Gasteiger partial charge < -0.3 is 0 Å². The predicted octanol–water partition coefficient (Wildman–Crippen LogP) is 5.83. The van der Waals surface area contributed by atoms with E-state index in [1.54, 1.807) is 0 Å². The Hall–Kier alpha value is 0.470. The van der Waals surface area contributed by atoms with Gasteiger partial charge in [0.1, 0.15) is 0 Å². The highest BCUT2D eigenvalue weighted by molar-refractivity contribution is 9.10. The van der Waals surface area contributed by atoms with Crippen LogP contribution in [-0.4, -0.2) is 5.38 Å². The van der Waals surface area contributed by atoms with Gasteiger partial charge in [0, 0.05) is 20.1 Å². The Morgan fingerprint density at radius 2 is 2.12 bits per heavy atom. The van der Waals surface area contributed by atoms with E-state index in [0.717, 1.165) is 5.92 Å². The molecule has 17 heavy (non-hydrogen) atoms. The first-order valence-electron chi connectivity index (χ1n) is 6.30. The Balaban J connectivity index is 2.24. The number of rotatable bonds is 2. The topological polar surface area (TPSA) is 0 Å². The number of hydrogen-bond donors (Lipinski definition) is 0. The molecule has 0 nitrogen and oxygen atoms in total. The first-order chi connectivity index (χ1) is 7.93. The summed E-state index contributed by atoms with van der Waals surface area (Å²) in [5.41, 5.74) is 0.180. The van der Waals surface area contributed by atoms with E-state index < -0.39 is 0 Å². The molecule has 1 aliphatic carbocycles. The molecule has 1 heterocycles. The fourth-order valence-corrected chi connectivity index (χ4v) is 5.87. The molecule has 1 aromatic heterocycles. The predicted molar refractivity (Wildman–Crippen MR) is 81.2 cm³/mol. The van der Waals surface area contributed by atoms with Gasteiger partial charge in [0.25, 0.3) is 0 Å². The van der Waals surface area contributed by atoms with Crippen LogP contribution in [0.25, 0.3) is 0 Å². The highest BCUT2D eigenvalue weighted by Crippen LogP contribution is 2.47. The van der Waals surface area contributed by atoms with E-state index in [-0.39, 0.29) is 5.41 Å². The van der Waals surface area contributed by atoms with Crippen molar-refractivity contribution in [1.82, 2.24) is 0 Å². The van der Waals surface area contributed by atoms with Gasteiger partial charge in [-0.2, -0.15) is 0 Å². The highest BCUT2D eigenvalue weighted by Gasteiger charge is 2.40. The minimum Gasteiger partial charge on any atom is -0.147 e. The molecule has 0 N–H and O–H groups in total. The van der Waals surface area contributed by atoms with Gasteiger partial charge in [0.05, 0.1) is 0 Å². The molecule has 1 fully saturated rings. The van der Waals surface area contributed by atoms with E-state index in [9.17, 15) is 0 Å². The molecule has 1 saturated carbocycles. The molecule has 0 aliphatic heterocycles. The summed E-state index contributed by atoms with van der Waals surface area (Å²) in [5.74, 6) is 1.38. The van der Waals surface area contributed by atoms with Crippen LogP contribution in [0.5, 0.6) is 0 Å². The van der Waals surface area contributed by atoms with E-state index >= 15 is 0 Å². The van der Waals surface area contributed by atoms with Gasteiger partial charge in [-0.15, -0.1) is 22.9 Å². The quantitative estimate of drug-likeness (QED) is 0.596. The maximum Gasteiger partial charge on any atom is 0.0375 e. The summed E-state index contributed by atoms with van der Waals surface area (Å²) in [6.45, 7) is 7.01. The molecule has 3 unspecified atom stereocenters. The molecule has 3 heteroatoms. The second-order valence-electron chi connectivity index (χ2n) is 5.86. The zero-order chi connectivity index (χ0) is 12.6. The summed E-state index contributed by atoms with van der Waals surface area (Å²) in [5, 5.41) is 2.48. The van der Waals surface area contributed by atoms with Crippen LogP contribution in [0, 0.1) is 11.8 Å². The Morgan fingerprint density at radius 3 is 2.65 bits per heavy atom. The summed E-state index contributed by atoms with van der Waals surface area (Å²) in [6, 6.07) is 2.15. The van der Waals surface area contributed by atoms with Gasteiger partial charge in [-0.05, 0) is 52.1 Å². The monoisotopic (exact) mass is 334 g/mol. The van der Waals surface area contributed by atoms with Crippen molar-refractivity contribution in [2.24, 2.45) is 11.8 Å². The summed E-state index contributed by atoms with van der Waals surface area (Å²) < 4.78 is 1.25. The molecule has 3 atom stereocenters. The normalized spacial score (nSPS) is 30.5. The Bertz CT molecular complexity index is 385. The number of alkyl halides is 1. The molecule has 1 aromatic rings. The number of halogens is 2. The lowest BCUT2D eigenvalue weighted by Gasteiger charge is -2.41. The van der Waals surface area contributed by atoms with Crippen molar-refractivity contribution >= 4 is 38.9 Å². The summed E-state index contributed by atoms with van der Waals surface area (Å²) in [6.07, 6.45) is 3.74. The van der Waals surface area contributed by atoms with Crippen molar-refractivity contribution in [3.8, 4) is 0 Å². The second kappa shape index (κ2) is 5.22. The molecular weight excluding hydrogens is 316 g/mol. The van der Waals surface area contributed by atoms with Gasteiger partial charge in [0.15, 0.2) is 0 Å². The maximum absolute atomic E-state index is 6.62. The van der Waals surface area contributed by atoms with Crippen LogP contribution in [0.15, 0.2) is 15.9 Å². The number of hydrogen-bond acceptors (Lipinski definition) is 1. The van der Waals surface area contributed by atoms with Crippen LogP contribution in [0.2, 0.25) is 0 Å². The molecule has 2 rings (SSSR count). The molecule has 0 radical (unpaired) electrons. The molecule has 0 saturated heterocycles. The minimum absolute atomic E-state index is 0.180. The molecule has 0 spiro atoms. The second-order valence-corrected chi connectivity index (χ2v) is 8.19. The van der Waals surface area contributed by atoms with Gasteiger partial charge in [-0.1, -0.05) is 27.2 Å². The smallest absolute Gasteiger partial charge is 0.0375 e. The van der Waals surface area contributed by atoms with Crippen LogP contribution in [-0.2, 0) is 5.41 Å². The van der Waals surface area contributed by atoms with Crippen LogP contribution in [0.3, 0.4) is 0 Å². The van der Waals surface area contributed by atoms with Crippen molar-refractivity contribution in [3.63, 3.8) is 0 Å². The summed E-state index contributed by atoms with van der Waals surface area (Å²) >= 11 is 12.1. The maximum atomic E-state index is 6.62. The van der Waals surface area contributed by atoms with Crippen molar-refractivity contribution < 1.29 is 0 Å². The lowest BCUT2D eigenvalue weighted by molar-refractivity contribution is 0.210. The minimum atomic E-state index is 0.180.